The van der Waals surface area contributed by atoms with Crippen molar-refractivity contribution >= 4 is 17.4 Å². The number of hydrogen-bond acceptors (Lipinski definition) is 3. The summed E-state index contributed by atoms with van der Waals surface area (Å²) in [5.74, 6) is -0.126. The number of aromatic nitrogens is 3. The van der Waals surface area contributed by atoms with Crippen LogP contribution in [0.15, 0.2) is 79.1 Å². The SMILES string of the molecule is CC(=O)c1ccn(-c2ccc(C(=O)N3Cc4cccn4Cc4ccccc43)cc2)n1. The van der Waals surface area contributed by atoms with Crippen LogP contribution in [-0.2, 0) is 13.1 Å². The van der Waals surface area contributed by atoms with Crippen LogP contribution in [0.3, 0.4) is 0 Å². The second-order valence-corrected chi connectivity index (χ2v) is 7.40. The Labute approximate surface area is 174 Å². The molecule has 1 amide bonds. The second kappa shape index (κ2) is 7.15. The molecule has 0 saturated carbocycles. The maximum absolute atomic E-state index is 13.4. The highest BCUT2D eigenvalue weighted by Crippen LogP contribution is 2.29. The van der Waals surface area contributed by atoms with Gasteiger partial charge in [0.15, 0.2) is 5.78 Å². The Kier molecular flexibility index (Phi) is 4.32. The zero-order valence-corrected chi connectivity index (χ0v) is 16.5. The Bertz CT molecular complexity index is 1250. The average Bonchev–Trinajstić information content (AvgIpc) is 3.40. The van der Waals surface area contributed by atoms with Crippen molar-refractivity contribution in [2.45, 2.75) is 20.0 Å². The predicted molar refractivity (Wildman–Crippen MR) is 114 cm³/mol. The highest BCUT2D eigenvalue weighted by atomic mass is 16.2. The fourth-order valence-corrected chi connectivity index (χ4v) is 3.84. The third kappa shape index (κ3) is 3.12. The van der Waals surface area contributed by atoms with Crippen LogP contribution in [0.5, 0.6) is 0 Å². The molecule has 0 spiro atoms. The zero-order valence-electron chi connectivity index (χ0n) is 16.5. The van der Waals surface area contributed by atoms with E-state index in [4.69, 9.17) is 0 Å². The lowest BCUT2D eigenvalue weighted by Crippen LogP contribution is -2.30. The van der Waals surface area contributed by atoms with Gasteiger partial charge in [-0.25, -0.2) is 4.68 Å². The maximum Gasteiger partial charge on any atom is 0.258 e. The quantitative estimate of drug-likeness (QED) is 0.490. The average molecular weight is 396 g/mol. The number of ketones is 1. The zero-order chi connectivity index (χ0) is 20.7. The molecule has 0 radical (unpaired) electrons. The molecule has 3 heterocycles. The van der Waals surface area contributed by atoms with Gasteiger partial charge in [-0.1, -0.05) is 18.2 Å². The number of para-hydroxylation sites is 1. The molecule has 6 nitrogen and oxygen atoms in total. The van der Waals surface area contributed by atoms with Gasteiger partial charge in [-0.15, -0.1) is 0 Å². The van der Waals surface area contributed by atoms with Crippen molar-refractivity contribution < 1.29 is 9.59 Å². The van der Waals surface area contributed by atoms with Crippen LogP contribution in [0, 0.1) is 0 Å². The number of fused-ring (bicyclic) bond motifs is 2. The molecular weight excluding hydrogens is 376 g/mol. The molecule has 0 atom stereocenters. The number of amides is 1. The van der Waals surface area contributed by atoms with Crippen LogP contribution in [0.2, 0.25) is 0 Å². The van der Waals surface area contributed by atoms with Gasteiger partial charge in [0.2, 0.25) is 0 Å². The predicted octanol–water partition coefficient (Wildman–Crippen LogP) is 4.09. The molecule has 6 heteroatoms. The summed E-state index contributed by atoms with van der Waals surface area (Å²) in [7, 11) is 0. The summed E-state index contributed by atoms with van der Waals surface area (Å²) in [5.41, 5.74) is 4.97. The minimum atomic E-state index is -0.0786. The van der Waals surface area contributed by atoms with Crippen molar-refractivity contribution in [1.82, 2.24) is 14.3 Å². The summed E-state index contributed by atoms with van der Waals surface area (Å²) in [6.07, 6.45) is 3.79. The fourth-order valence-electron chi connectivity index (χ4n) is 3.84. The normalized spacial score (nSPS) is 12.8. The minimum absolute atomic E-state index is 0.0476. The van der Waals surface area contributed by atoms with E-state index in [0.29, 0.717) is 17.8 Å². The summed E-state index contributed by atoms with van der Waals surface area (Å²) in [6.45, 7) is 2.76. The summed E-state index contributed by atoms with van der Waals surface area (Å²) in [6, 6.07) is 21.1. The third-order valence-electron chi connectivity index (χ3n) is 5.44. The number of carbonyl (C=O) groups excluding carboxylic acids is 2. The highest BCUT2D eigenvalue weighted by molar-refractivity contribution is 6.06. The van der Waals surface area contributed by atoms with E-state index in [0.717, 1.165) is 29.2 Å². The Morgan fingerprint density at radius 1 is 0.867 bits per heavy atom. The van der Waals surface area contributed by atoms with Gasteiger partial charge >= 0.3 is 0 Å². The molecule has 2 aromatic carbocycles. The first-order valence-electron chi connectivity index (χ1n) is 9.81. The highest BCUT2D eigenvalue weighted by Gasteiger charge is 2.24. The first-order valence-corrected chi connectivity index (χ1v) is 9.81. The lowest BCUT2D eigenvalue weighted by molar-refractivity contribution is 0.0982. The molecule has 0 saturated heterocycles. The van der Waals surface area contributed by atoms with Gasteiger partial charge in [0, 0.05) is 42.8 Å². The van der Waals surface area contributed by atoms with Crippen molar-refractivity contribution in [3.8, 4) is 5.69 Å². The molecule has 2 aromatic heterocycles. The Morgan fingerprint density at radius 3 is 2.43 bits per heavy atom. The topological polar surface area (TPSA) is 60.1 Å². The molecule has 5 rings (SSSR count). The van der Waals surface area contributed by atoms with Gasteiger partial charge in [0.25, 0.3) is 5.91 Å². The van der Waals surface area contributed by atoms with Crippen LogP contribution in [0.25, 0.3) is 5.69 Å². The molecule has 4 aromatic rings. The fraction of sp³-hybridized carbons (Fsp3) is 0.125. The van der Waals surface area contributed by atoms with Gasteiger partial charge < -0.3 is 9.47 Å². The number of carbonyl (C=O) groups is 2. The molecule has 0 N–H and O–H groups in total. The van der Waals surface area contributed by atoms with Gasteiger partial charge in [0.05, 0.1) is 12.2 Å². The van der Waals surface area contributed by atoms with E-state index in [1.54, 1.807) is 29.1 Å². The number of hydrogen-bond donors (Lipinski definition) is 0. The van der Waals surface area contributed by atoms with E-state index in [1.807, 2.05) is 47.5 Å². The van der Waals surface area contributed by atoms with E-state index < -0.39 is 0 Å². The van der Waals surface area contributed by atoms with E-state index >= 15 is 0 Å². The summed E-state index contributed by atoms with van der Waals surface area (Å²) >= 11 is 0. The van der Waals surface area contributed by atoms with Gasteiger partial charge in [-0.2, -0.15) is 5.10 Å². The molecular formula is C24H20N4O2. The van der Waals surface area contributed by atoms with E-state index in [1.165, 1.54) is 6.92 Å². The monoisotopic (exact) mass is 396 g/mol. The van der Waals surface area contributed by atoms with Crippen molar-refractivity contribution in [3.63, 3.8) is 0 Å². The Morgan fingerprint density at radius 2 is 1.67 bits per heavy atom. The van der Waals surface area contributed by atoms with Gasteiger partial charge in [-0.3, -0.25) is 9.59 Å². The first kappa shape index (κ1) is 18.1. The summed E-state index contributed by atoms with van der Waals surface area (Å²) in [5, 5.41) is 4.27. The standard InChI is InChI=1S/C24H20N4O2/c1-17(29)22-12-14-28(25-22)20-10-8-18(9-11-20)24(30)27-16-21-6-4-13-26(21)15-19-5-2-3-7-23(19)27/h2-14H,15-16H2,1H3. The summed E-state index contributed by atoms with van der Waals surface area (Å²) in [4.78, 5) is 26.8. The Balaban J connectivity index is 1.47. The smallest absolute Gasteiger partial charge is 0.258 e. The van der Waals surface area contributed by atoms with Crippen LogP contribution >= 0.6 is 0 Å². The molecule has 1 aliphatic heterocycles. The number of benzene rings is 2. The number of anilines is 1. The molecule has 148 valence electrons. The number of Topliss-reactive ketones (excluding diaryl/α,β-unsaturated/α-hetero) is 1. The van der Waals surface area contributed by atoms with Gasteiger partial charge in [0.1, 0.15) is 5.69 Å². The van der Waals surface area contributed by atoms with Crippen molar-refractivity contribution in [2.75, 3.05) is 4.90 Å². The van der Waals surface area contributed by atoms with Crippen LogP contribution in [-0.4, -0.2) is 26.0 Å². The third-order valence-corrected chi connectivity index (χ3v) is 5.44. The number of nitrogens with zero attached hydrogens (tertiary/aromatic N) is 4. The van der Waals surface area contributed by atoms with Crippen LogP contribution in [0.4, 0.5) is 5.69 Å². The molecule has 0 fully saturated rings. The van der Waals surface area contributed by atoms with Gasteiger partial charge in [-0.05, 0) is 54.1 Å². The largest absolute Gasteiger partial charge is 0.345 e. The summed E-state index contributed by atoms with van der Waals surface area (Å²) < 4.78 is 3.82. The van der Waals surface area contributed by atoms with Crippen molar-refractivity contribution in [2.24, 2.45) is 0 Å². The molecule has 30 heavy (non-hydrogen) atoms. The lowest BCUT2D eigenvalue weighted by atomic mass is 10.1. The Hall–Kier alpha value is -3.93. The molecule has 0 unspecified atom stereocenters. The van der Waals surface area contributed by atoms with E-state index in [2.05, 4.69) is 21.8 Å². The van der Waals surface area contributed by atoms with E-state index in [-0.39, 0.29) is 11.7 Å². The minimum Gasteiger partial charge on any atom is -0.345 e. The lowest BCUT2D eigenvalue weighted by Gasteiger charge is -2.23. The van der Waals surface area contributed by atoms with E-state index in [9.17, 15) is 9.59 Å². The van der Waals surface area contributed by atoms with Crippen molar-refractivity contribution in [3.05, 3.63) is 102 Å². The second-order valence-electron chi connectivity index (χ2n) is 7.40. The molecule has 1 aliphatic rings. The maximum atomic E-state index is 13.4. The van der Waals surface area contributed by atoms with Crippen molar-refractivity contribution in [1.29, 1.82) is 0 Å². The molecule has 0 aliphatic carbocycles. The van der Waals surface area contributed by atoms with Crippen LogP contribution < -0.4 is 4.90 Å². The number of rotatable bonds is 3. The molecule has 0 bridgehead atoms. The van der Waals surface area contributed by atoms with Crippen LogP contribution in [0.1, 0.15) is 39.0 Å². The first-order chi connectivity index (χ1) is 14.6.